The minimum atomic E-state index is -1.16. The highest BCUT2D eigenvalue weighted by molar-refractivity contribution is 6.10. The fraction of sp³-hybridized carbons (Fsp3) is 0. The molecule has 0 unspecified atom stereocenters. The predicted molar refractivity (Wildman–Crippen MR) is 71.0 cm³/mol. The molecule has 2 aromatic heterocycles. The summed E-state index contributed by atoms with van der Waals surface area (Å²) >= 11 is 0. The number of pyridine rings is 2. The average molecular weight is 268 g/mol. The molecule has 0 aliphatic heterocycles. The summed E-state index contributed by atoms with van der Waals surface area (Å²) in [5.74, 6) is -2.31. The fourth-order valence-corrected chi connectivity index (χ4v) is 2.18. The van der Waals surface area contributed by atoms with Gasteiger partial charge in [-0.3, -0.25) is 0 Å². The van der Waals surface area contributed by atoms with E-state index >= 15 is 0 Å². The van der Waals surface area contributed by atoms with E-state index in [0.717, 1.165) is 0 Å². The molecular weight excluding hydrogens is 260 g/mol. The Bertz CT molecular complexity index is 805. The largest absolute Gasteiger partial charge is 0.476 e. The molecule has 0 saturated heterocycles. The summed E-state index contributed by atoms with van der Waals surface area (Å²) in [7, 11) is 0. The van der Waals surface area contributed by atoms with Crippen molar-refractivity contribution in [1.82, 2.24) is 9.97 Å². The molecule has 0 saturated carbocycles. The number of carbonyl (C=O) groups is 2. The highest BCUT2D eigenvalue weighted by Crippen LogP contribution is 2.26. The lowest BCUT2D eigenvalue weighted by atomic mass is 10.0. The van der Waals surface area contributed by atoms with Gasteiger partial charge < -0.3 is 10.2 Å². The maximum absolute atomic E-state index is 11.2. The molecule has 6 nitrogen and oxygen atoms in total. The molecule has 6 heteroatoms. The number of aromatic nitrogens is 2. The zero-order chi connectivity index (χ0) is 14.3. The molecule has 0 fully saturated rings. The molecule has 0 aliphatic rings. The van der Waals surface area contributed by atoms with Gasteiger partial charge in [-0.2, -0.15) is 0 Å². The standard InChI is InChI=1S/C14H8N2O4/c17-13(18)11-9-6-10-8(5-7(9)1-3-15-11)2-4-16-12(10)14(19)20/h1-6H,(H,17,18)(H,19,20). The second kappa shape index (κ2) is 4.27. The zero-order valence-corrected chi connectivity index (χ0v) is 10.1. The summed E-state index contributed by atoms with van der Waals surface area (Å²) in [6.07, 6.45) is 2.83. The van der Waals surface area contributed by atoms with Crippen LogP contribution < -0.4 is 0 Å². The van der Waals surface area contributed by atoms with Gasteiger partial charge in [-0.15, -0.1) is 0 Å². The zero-order valence-electron chi connectivity index (χ0n) is 10.1. The first-order valence-electron chi connectivity index (χ1n) is 5.72. The van der Waals surface area contributed by atoms with E-state index in [0.29, 0.717) is 21.5 Å². The van der Waals surface area contributed by atoms with E-state index in [4.69, 9.17) is 10.2 Å². The van der Waals surface area contributed by atoms with E-state index in [-0.39, 0.29) is 11.4 Å². The lowest BCUT2D eigenvalue weighted by Crippen LogP contribution is -2.03. The van der Waals surface area contributed by atoms with Crippen LogP contribution in [0.2, 0.25) is 0 Å². The Morgan fingerprint density at radius 1 is 0.800 bits per heavy atom. The smallest absolute Gasteiger partial charge is 0.355 e. The molecule has 3 aromatic rings. The topological polar surface area (TPSA) is 100 Å². The third-order valence-electron chi connectivity index (χ3n) is 3.05. The van der Waals surface area contributed by atoms with E-state index in [2.05, 4.69) is 9.97 Å². The molecule has 0 bridgehead atoms. The summed E-state index contributed by atoms with van der Waals surface area (Å²) in [5, 5.41) is 20.4. The Kier molecular flexibility index (Phi) is 2.57. The average Bonchev–Trinajstić information content (AvgIpc) is 2.43. The molecule has 1 aromatic carbocycles. The Morgan fingerprint density at radius 3 is 1.65 bits per heavy atom. The highest BCUT2D eigenvalue weighted by atomic mass is 16.4. The summed E-state index contributed by atoms with van der Waals surface area (Å²) in [5.41, 5.74) is -0.214. The molecular formula is C14H8N2O4. The van der Waals surface area contributed by atoms with Gasteiger partial charge in [-0.25, -0.2) is 19.6 Å². The monoisotopic (exact) mass is 268 g/mol. The minimum absolute atomic E-state index is 0.107. The van der Waals surface area contributed by atoms with Gasteiger partial charge in [0.25, 0.3) is 0 Å². The molecule has 2 N–H and O–H groups in total. The van der Waals surface area contributed by atoms with E-state index in [1.165, 1.54) is 18.5 Å². The van der Waals surface area contributed by atoms with Gasteiger partial charge in [0.2, 0.25) is 0 Å². The van der Waals surface area contributed by atoms with Crippen molar-refractivity contribution >= 4 is 33.5 Å². The van der Waals surface area contributed by atoms with Crippen molar-refractivity contribution in [1.29, 1.82) is 0 Å². The van der Waals surface area contributed by atoms with Crippen molar-refractivity contribution in [2.24, 2.45) is 0 Å². The van der Waals surface area contributed by atoms with Gasteiger partial charge in [0.15, 0.2) is 11.4 Å². The van der Waals surface area contributed by atoms with Crippen molar-refractivity contribution in [3.05, 3.63) is 48.0 Å². The quantitative estimate of drug-likeness (QED) is 0.691. The van der Waals surface area contributed by atoms with Crippen molar-refractivity contribution < 1.29 is 19.8 Å². The number of hydrogen-bond donors (Lipinski definition) is 2. The van der Waals surface area contributed by atoms with Crippen LogP contribution in [0, 0.1) is 0 Å². The maximum Gasteiger partial charge on any atom is 0.355 e. The third kappa shape index (κ3) is 1.74. The second-order valence-electron chi connectivity index (χ2n) is 4.22. The number of fused-ring (bicyclic) bond motifs is 2. The van der Waals surface area contributed by atoms with E-state index in [9.17, 15) is 9.59 Å². The van der Waals surface area contributed by atoms with Crippen LogP contribution in [0.5, 0.6) is 0 Å². The van der Waals surface area contributed by atoms with Gasteiger partial charge in [-0.1, -0.05) is 0 Å². The molecule has 0 radical (unpaired) electrons. The second-order valence-corrected chi connectivity index (χ2v) is 4.22. The summed E-state index contributed by atoms with van der Waals surface area (Å²) in [6, 6.07) is 6.61. The number of aromatic carboxylic acids is 2. The summed E-state index contributed by atoms with van der Waals surface area (Å²) < 4.78 is 0. The van der Waals surface area contributed by atoms with E-state index < -0.39 is 11.9 Å². The fourth-order valence-electron chi connectivity index (χ4n) is 2.18. The molecule has 20 heavy (non-hydrogen) atoms. The normalized spacial score (nSPS) is 10.8. The number of carboxylic acid groups (broad SMARTS) is 2. The van der Waals surface area contributed by atoms with Crippen LogP contribution in [-0.2, 0) is 0 Å². The minimum Gasteiger partial charge on any atom is -0.476 e. The van der Waals surface area contributed by atoms with Crippen molar-refractivity contribution in [3.8, 4) is 0 Å². The van der Waals surface area contributed by atoms with Crippen LogP contribution in [0.4, 0.5) is 0 Å². The number of nitrogens with zero attached hydrogens (tertiary/aromatic N) is 2. The van der Waals surface area contributed by atoms with Crippen molar-refractivity contribution in [2.75, 3.05) is 0 Å². The lowest BCUT2D eigenvalue weighted by Gasteiger charge is -2.06. The van der Waals surface area contributed by atoms with Crippen molar-refractivity contribution in [2.45, 2.75) is 0 Å². The van der Waals surface area contributed by atoms with Gasteiger partial charge >= 0.3 is 11.9 Å². The van der Waals surface area contributed by atoms with Crippen LogP contribution in [0.1, 0.15) is 21.0 Å². The van der Waals surface area contributed by atoms with Gasteiger partial charge in [0.1, 0.15) is 0 Å². The molecule has 0 aliphatic carbocycles. The van der Waals surface area contributed by atoms with Gasteiger partial charge in [0, 0.05) is 23.2 Å². The SMILES string of the molecule is O=C(O)c1nccc2cc3ccnc(C(=O)O)c3cc12. The number of benzene rings is 1. The highest BCUT2D eigenvalue weighted by Gasteiger charge is 2.14. The Balaban J connectivity index is 2.48. The van der Waals surface area contributed by atoms with Crippen LogP contribution in [-0.4, -0.2) is 32.1 Å². The predicted octanol–water partition coefficient (Wildman–Crippen LogP) is 2.18. The molecule has 3 rings (SSSR count). The summed E-state index contributed by atoms with van der Waals surface area (Å²) in [4.78, 5) is 30.0. The lowest BCUT2D eigenvalue weighted by molar-refractivity contribution is 0.0682. The first-order chi connectivity index (χ1) is 9.58. The Morgan fingerprint density at radius 2 is 1.25 bits per heavy atom. The van der Waals surface area contributed by atoms with Crippen LogP contribution in [0.25, 0.3) is 21.5 Å². The first-order valence-corrected chi connectivity index (χ1v) is 5.72. The van der Waals surface area contributed by atoms with Crippen LogP contribution in [0.15, 0.2) is 36.7 Å². The van der Waals surface area contributed by atoms with Crippen molar-refractivity contribution in [3.63, 3.8) is 0 Å². The van der Waals surface area contributed by atoms with Crippen LogP contribution in [0.3, 0.4) is 0 Å². The molecule has 0 amide bonds. The van der Waals surface area contributed by atoms with Crippen LogP contribution >= 0.6 is 0 Å². The summed E-state index contributed by atoms with van der Waals surface area (Å²) in [6.45, 7) is 0. The van der Waals surface area contributed by atoms with Gasteiger partial charge in [0.05, 0.1) is 0 Å². The number of rotatable bonds is 2. The third-order valence-corrected chi connectivity index (χ3v) is 3.05. The van der Waals surface area contributed by atoms with E-state index in [1.807, 2.05) is 0 Å². The molecule has 98 valence electrons. The van der Waals surface area contributed by atoms with Gasteiger partial charge in [-0.05, 0) is 35.0 Å². The van der Waals surface area contributed by atoms with E-state index in [1.54, 1.807) is 18.2 Å². The molecule has 2 heterocycles. The number of carboxylic acids is 2. The first kappa shape index (κ1) is 12.0. The molecule has 0 spiro atoms. The number of hydrogen-bond acceptors (Lipinski definition) is 4. The maximum atomic E-state index is 11.2. The Hall–Kier alpha value is -3.02. The molecule has 0 atom stereocenters. The Labute approximate surface area is 112 Å².